The fraction of sp³-hybridized carbons (Fsp3) is 0.0714. The summed E-state index contributed by atoms with van der Waals surface area (Å²) in [6, 6.07) is 15.1. The number of nitrogens with one attached hydrogen (secondary N) is 1. The van der Waals surface area contributed by atoms with Crippen LogP contribution in [0, 0.1) is 17.1 Å². The maximum absolute atomic E-state index is 12.8. The van der Waals surface area contributed by atoms with Gasteiger partial charge in [0.25, 0.3) is 0 Å². The van der Waals surface area contributed by atoms with Crippen LogP contribution in [0.4, 0.5) is 10.1 Å². The van der Waals surface area contributed by atoms with Crippen LogP contribution in [0.3, 0.4) is 0 Å². The lowest BCUT2D eigenvalue weighted by atomic mass is 10.1. The standard InChI is InChI=1S/C14H10BrFN2/c15-13-4-2-1-3-12(13)14(9-17)18-11-7-5-10(16)6-8-11/h1-8,14,18H. The van der Waals surface area contributed by atoms with Gasteiger partial charge in [-0.3, -0.25) is 0 Å². The Hall–Kier alpha value is -1.86. The van der Waals surface area contributed by atoms with E-state index in [2.05, 4.69) is 27.3 Å². The minimum Gasteiger partial charge on any atom is -0.366 e. The Kier molecular flexibility index (Phi) is 3.96. The predicted molar refractivity (Wildman–Crippen MR) is 72.5 cm³/mol. The van der Waals surface area contributed by atoms with Crippen LogP contribution in [0.2, 0.25) is 0 Å². The molecular formula is C14H10BrFN2. The zero-order valence-corrected chi connectivity index (χ0v) is 11.0. The highest BCUT2D eigenvalue weighted by Crippen LogP contribution is 2.25. The van der Waals surface area contributed by atoms with Gasteiger partial charge in [-0.2, -0.15) is 5.26 Å². The molecule has 18 heavy (non-hydrogen) atoms. The molecule has 0 fully saturated rings. The molecule has 0 radical (unpaired) electrons. The van der Waals surface area contributed by atoms with E-state index in [0.29, 0.717) is 5.69 Å². The molecule has 2 nitrogen and oxygen atoms in total. The number of benzene rings is 2. The van der Waals surface area contributed by atoms with Crippen LogP contribution in [-0.2, 0) is 0 Å². The van der Waals surface area contributed by atoms with Gasteiger partial charge in [0.2, 0.25) is 0 Å². The first-order valence-electron chi connectivity index (χ1n) is 5.37. The predicted octanol–water partition coefficient (Wildman–Crippen LogP) is 4.26. The molecule has 0 aliphatic carbocycles. The lowest BCUT2D eigenvalue weighted by Gasteiger charge is -2.14. The number of hydrogen-bond acceptors (Lipinski definition) is 2. The zero-order valence-electron chi connectivity index (χ0n) is 9.40. The van der Waals surface area contributed by atoms with E-state index in [4.69, 9.17) is 0 Å². The third-order valence-electron chi connectivity index (χ3n) is 2.50. The molecule has 2 aromatic rings. The van der Waals surface area contributed by atoms with Gasteiger partial charge >= 0.3 is 0 Å². The van der Waals surface area contributed by atoms with Crippen molar-refractivity contribution in [2.24, 2.45) is 0 Å². The molecule has 0 spiro atoms. The van der Waals surface area contributed by atoms with Gasteiger partial charge in [-0.15, -0.1) is 0 Å². The van der Waals surface area contributed by atoms with Gasteiger partial charge in [-0.1, -0.05) is 34.1 Å². The van der Waals surface area contributed by atoms with Gasteiger partial charge in [0.05, 0.1) is 6.07 Å². The van der Waals surface area contributed by atoms with Crippen molar-refractivity contribution in [2.75, 3.05) is 5.32 Å². The minimum atomic E-state index is -0.481. The molecule has 0 aliphatic heterocycles. The van der Waals surface area contributed by atoms with Crippen LogP contribution in [-0.4, -0.2) is 0 Å². The molecule has 1 atom stereocenters. The molecule has 90 valence electrons. The Bertz CT molecular complexity index is 575. The normalized spacial score (nSPS) is 11.6. The van der Waals surface area contributed by atoms with E-state index in [9.17, 15) is 9.65 Å². The Balaban J connectivity index is 2.23. The molecular weight excluding hydrogens is 295 g/mol. The molecule has 0 saturated carbocycles. The molecule has 0 bridgehead atoms. The summed E-state index contributed by atoms with van der Waals surface area (Å²) in [6.07, 6.45) is 0. The highest BCUT2D eigenvalue weighted by molar-refractivity contribution is 9.10. The van der Waals surface area contributed by atoms with E-state index in [1.807, 2.05) is 24.3 Å². The lowest BCUT2D eigenvalue weighted by molar-refractivity contribution is 0.628. The summed E-state index contributed by atoms with van der Waals surface area (Å²) in [5.74, 6) is -0.296. The summed E-state index contributed by atoms with van der Waals surface area (Å²) in [4.78, 5) is 0. The number of nitriles is 1. The fourth-order valence-electron chi connectivity index (χ4n) is 1.60. The van der Waals surface area contributed by atoms with Crippen molar-refractivity contribution >= 4 is 21.6 Å². The first kappa shape index (κ1) is 12.6. The summed E-state index contributed by atoms with van der Waals surface area (Å²) in [5.41, 5.74) is 1.56. The zero-order chi connectivity index (χ0) is 13.0. The average molecular weight is 305 g/mol. The Labute approximate surface area is 113 Å². The van der Waals surface area contributed by atoms with Crippen molar-refractivity contribution in [3.05, 3.63) is 64.4 Å². The number of anilines is 1. The molecule has 0 aliphatic rings. The second-order valence-electron chi connectivity index (χ2n) is 3.73. The van der Waals surface area contributed by atoms with Crippen LogP contribution in [0.1, 0.15) is 11.6 Å². The van der Waals surface area contributed by atoms with Gasteiger partial charge in [-0.25, -0.2) is 4.39 Å². The molecule has 0 heterocycles. The van der Waals surface area contributed by atoms with Gasteiger partial charge in [0.15, 0.2) is 0 Å². The van der Waals surface area contributed by atoms with Crippen molar-refractivity contribution in [3.8, 4) is 6.07 Å². The summed E-state index contributed by atoms with van der Waals surface area (Å²) in [6.45, 7) is 0. The Morgan fingerprint density at radius 2 is 1.78 bits per heavy atom. The number of nitrogens with zero attached hydrogens (tertiary/aromatic N) is 1. The molecule has 1 N–H and O–H groups in total. The summed E-state index contributed by atoms with van der Waals surface area (Å²) in [5, 5.41) is 12.3. The smallest absolute Gasteiger partial charge is 0.141 e. The van der Waals surface area contributed by atoms with Crippen LogP contribution in [0.15, 0.2) is 53.0 Å². The van der Waals surface area contributed by atoms with Crippen LogP contribution in [0.5, 0.6) is 0 Å². The van der Waals surface area contributed by atoms with E-state index < -0.39 is 6.04 Å². The van der Waals surface area contributed by atoms with E-state index in [-0.39, 0.29) is 5.82 Å². The van der Waals surface area contributed by atoms with E-state index in [1.54, 1.807) is 12.1 Å². The molecule has 0 saturated heterocycles. The van der Waals surface area contributed by atoms with Crippen molar-refractivity contribution in [3.63, 3.8) is 0 Å². The van der Waals surface area contributed by atoms with Gasteiger partial charge in [0.1, 0.15) is 11.9 Å². The van der Waals surface area contributed by atoms with E-state index in [1.165, 1.54) is 12.1 Å². The Morgan fingerprint density at radius 3 is 2.39 bits per heavy atom. The summed E-state index contributed by atoms with van der Waals surface area (Å²) >= 11 is 3.41. The third-order valence-corrected chi connectivity index (χ3v) is 3.22. The second-order valence-corrected chi connectivity index (χ2v) is 4.59. The first-order chi connectivity index (χ1) is 8.70. The molecule has 2 aromatic carbocycles. The number of halogens is 2. The topological polar surface area (TPSA) is 35.8 Å². The van der Waals surface area contributed by atoms with Gasteiger partial charge < -0.3 is 5.32 Å². The molecule has 0 aromatic heterocycles. The highest BCUT2D eigenvalue weighted by atomic mass is 79.9. The molecule has 2 rings (SSSR count). The Morgan fingerprint density at radius 1 is 1.11 bits per heavy atom. The molecule has 4 heteroatoms. The molecule has 1 unspecified atom stereocenters. The maximum Gasteiger partial charge on any atom is 0.141 e. The minimum absolute atomic E-state index is 0.296. The third kappa shape index (κ3) is 2.88. The van der Waals surface area contributed by atoms with Crippen molar-refractivity contribution in [1.29, 1.82) is 5.26 Å². The van der Waals surface area contributed by atoms with Crippen LogP contribution >= 0.6 is 15.9 Å². The SMILES string of the molecule is N#CC(Nc1ccc(F)cc1)c1ccccc1Br. The summed E-state index contributed by atoms with van der Waals surface area (Å²) in [7, 11) is 0. The second kappa shape index (κ2) is 5.65. The largest absolute Gasteiger partial charge is 0.366 e. The lowest BCUT2D eigenvalue weighted by Crippen LogP contribution is -2.09. The quantitative estimate of drug-likeness (QED) is 0.919. The first-order valence-corrected chi connectivity index (χ1v) is 6.16. The highest BCUT2D eigenvalue weighted by Gasteiger charge is 2.12. The molecule has 0 amide bonds. The van der Waals surface area contributed by atoms with Gasteiger partial charge in [0, 0.05) is 15.7 Å². The average Bonchev–Trinajstić information content (AvgIpc) is 2.39. The van der Waals surface area contributed by atoms with E-state index in [0.717, 1.165) is 10.0 Å². The van der Waals surface area contributed by atoms with Crippen molar-refractivity contribution in [2.45, 2.75) is 6.04 Å². The fourth-order valence-corrected chi connectivity index (χ4v) is 2.12. The van der Waals surface area contributed by atoms with Crippen molar-refractivity contribution in [1.82, 2.24) is 0 Å². The van der Waals surface area contributed by atoms with Crippen LogP contribution in [0.25, 0.3) is 0 Å². The van der Waals surface area contributed by atoms with Crippen LogP contribution < -0.4 is 5.32 Å². The number of rotatable bonds is 3. The maximum atomic E-state index is 12.8. The monoisotopic (exact) mass is 304 g/mol. The van der Waals surface area contributed by atoms with E-state index >= 15 is 0 Å². The number of hydrogen-bond donors (Lipinski definition) is 1. The summed E-state index contributed by atoms with van der Waals surface area (Å²) < 4.78 is 13.7. The van der Waals surface area contributed by atoms with Gasteiger partial charge in [-0.05, 0) is 30.3 Å². The van der Waals surface area contributed by atoms with Crippen molar-refractivity contribution < 1.29 is 4.39 Å².